The topological polar surface area (TPSA) is 78.9 Å². The molecule has 1 aromatic heterocycles. The van der Waals surface area contributed by atoms with Crippen molar-refractivity contribution in [2.45, 2.75) is 39.2 Å². The molecule has 0 spiro atoms. The van der Waals surface area contributed by atoms with E-state index >= 15 is 0 Å². The molecule has 2 fully saturated rings. The van der Waals surface area contributed by atoms with E-state index in [4.69, 9.17) is 4.74 Å². The third kappa shape index (κ3) is 5.87. The molecular formula is C25H33N5O3. The highest BCUT2D eigenvalue weighted by atomic mass is 16.5. The van der Waals surface area contributed by atoms with Gasteiger partial charge in [-0.15, -0.1) is 10.2 Å². The van der Waals surface area contributed by atoms with Crippen LogP contribution < -0.4 is 4.90 Å². The Bertz CT molecular complexity index is 934. The van der Waals surface area contributed by atoms with Crippen LogP contribution in [0.3, 0.4) is 0 Å². The minimum atomic E-state index is -0.00440. The molecule has 0 aliphatic carbocycles. The van der Waals surface area contributed by atoms with Gasteiger partial charge in [-0.25, -0.2) is 0 Å². The number of hydrogen-bond donors (Lipinski definition) is 0. The lowest BCUT2D eigenvalue weighted by molar-refractivity contribution is -0.141. The van der Waals surface area contributed by atoms with Crippen LogP contribution in [-0.4, -0.2) is 83.8 Å². The minimum Gasteiger partial charge on any atom is -0.376 e. The van der Waals surface area contributed by atoms with Crippen LogP contribution >= 0.6 is 0 Å². The average molecular weight is 452 g/mol. The molecule has 2 aliphatic heterocycles. The Morgan fingerprint density at radius 1 is 1.06 bits per heavy atom. The molecule has 1 aromatic carbocycles. The molecule has 176 valence electrons. The first-order chi connectivity index (χ1) is 16.0. The van der Waals surface area contributed by atoms with Crippen LogP contribution in [0.25, 0.3) is 11.3 Å². The van der Waals surface area contributed by atoms with E-state index in [9.17, 15) is 9.59 Å². The van der Waals surface area contributed by atoms with E-state index in [1.165, 1.54) is 5.56 Å². The second-order valence-electron chi connectivity index (χ2n) is 8.77. The maximum absolute atomic E-state index is 12.9. The second-order valence-corrected chi connectivity index (χ2v) is 8.77. The molecule has 3 heterocycles. The molecule has 0 saturated carbocycles. The van der Waals surface area contributed by atoms with Crippen molar-refractivity contribution < 1.29 is 14.3 Å². The van der Waals surface area contributed by atoms with Crippen LogP contribution in [0.1, 0.15) is 31.7 Å². The van der Waals surface area contributed by atoms with Gasteiger partial charge in [0, 0.05) is 51.3 Å². The van der Waals surface area contributed by atoms with Crippen LogP contribution in [-0.2, 0) is 14.3 Å². The summed E-state index contributed by atoms with van der Waals surface area (Å²) in [6.45, 7) is 7.85. The normalized spacial score (nSPS) is 18.4. The summed E-state index contributed by atoms with van der Waals surface area (Å²) in [6.07, 6.45) is 2.41. The first kappa shape index (κ1) is 23.2. The quantitative estimate of drug-likeness (QED) is 0.644. The van der Waals surface area contributed by atoms with Crippen molar-refractivity contribution in [3.05, 3.63) is 42.0 Å². The van der Waals surface area contributed by atoms with Gasteiger partial charge in [0.05, 0.1) is 18.3 Å². The monoisotopic (exact) mass is 451 g/mol. The molecule has 8 heteroatoms. The van der Waals surface area contributed by atoms with Crippen molar-refractivity contribution in [3.63, 3.8) is 0 Å². The summed E-state index contributed by atoms with van der Waals surface area (Å²) in [5, 5.41) is 8.81. The third-order valence-electron chi connectivity index (χ3n) is 6.38. The van der Waals surface area contributed by atoms with Gasteiger partial charge in [-0.2, -0.15) is 0 Å². The maximum Gasteiger partial charge on any atom is 0.242 e. The molecule has 1 unspecified atom stereocenters. The Kier molecular flexibility index (Phi) is 7.54. The largest absolute Gasteiger partial charge is 0.376 e. The summed E-state index contributed by atoms with van der Waals surface area (Å²) in [6, 6.07) is 12.2. The Hall–Kier alpha value is -3.00. The van der Waals surface area contributed by atoms with Crippen molar-refractivity contribution in [1.29, 1.82) is 0 Å². The van der Waals surface area contributed by atoms with Crippen molar-refractivity contribution in [3.8, 4) is 11.3 Å². The standard InChI is InChI=1S/C25H33N5O3/c1-3-24(31)30(17-21-5-4-16-33-21)18-25(32)29-14-12-28(13-15-29)23-11-10-22(26-27-23)20-8-6-19(2)7-9-20/h6-11,21H,3-5,12-18H2,1-2H3. The average Bonchev–Trinajstić information content (AvgIpc) is 3.37. The molecule has 2 aromatic rings. The Morgan fingerprint density at radius 2 is 1.82 bits per heavy atom. The maximum atomic E-state index is 12.9. The SMILES string of the molecule is CCC(=O)N(CC(=O)N1CCN(c2ccc(-c3ccc(C)cc3)nn2)CC1)CC1CCCO1. The van der Waals surface area contributed by atoms with E-state index in [0.29, 0.717) is 39.1 Å². The predicted octanol–water partition coefficient (Wildman–Crippen LogP) is 2.52. The van der Waals surface area contributed by atoms with Crippen LogP contribution in [0.5, 0.6) is 0 Å². The highest BCUT2D eigenvalue weighted by Crippen LogP contribution is 2.20. The number of amides is 2. The fourth-order valence-electron chi connectivity index (χ4n) is 4.33. The molecule has 1 atom stereocenters. The fourth-order valence-corrected chi connectivity index (χ4v) is 4.33. The number of carbonyl (C=O) groups excluding carboxylic acids is 2. The summed E-state index contributed by atoms with van der Waals surface area (Å²) >= 11 is 0. The molecule has 0 bridgehead atoms. The van der Waals surface area contributed by atoms with Gasteiger partial charge in [0.15, 0.2) is 5.82 Å². The van der Waals surface area contributed by atoms with Crippen molar-refractivity contribution in [2.75, 3.05) is 50.8 Å². The lowest BCUT2D eigenvalue weighted by Crippen LogP contribution is -2.52. The zero-order valence-electron chi connectivity index (χ0n) is 19.6. The van der Waals surface area contributed by atoms with Crippen molar-refractivity contribution in [1.82, 2.24) is 20.0 Å². The molecule has 0 radical (unpaired) electrons. The number of benzene rings is 1. The number of piperazine rings is 1. The van der Waals surface area contributed by atoms with E-state index in [0.717, 1.165) is 36.5 Å². The van der Waals surface area contributed by atoms with E-state index in [1.807, 2.05) is 24.0 Å². The number of carbonyl (C=O) groups is 2. The number of aromatic nitrogens is 2. The van der Waals surface area contributed by atoms with E-state index < -0.39 is 0 Å². The third-order valence-corrected chi connectivity index (χ3v) is 6.38. The first-order valence-electron chi connectivity index (χ1n) is 11.9. The van der Waals surface area contributed by atoms with Crippen molar-refractivity contribution >= 4 is 17.6 Å². The molecular weight excluding hydrogens is 418 g/mol. The number of rotatable bonds is 7. The van der Waals surface area contributed by atoms with Crippen molar-refractivity contribution in [2.24, 2.45) is 0 Å². The summed E-state index contributed by atoms with van der Waals surface area (Å²) < 4.78 is 5.67. The molecule has 4 rings (SSSR count). The second kappa shape index (κ2) is 10.7. The van der Waals surface area contributed by atoms with Crippen LogP contribution in [0.4, 0.5) is 5.82 Å². The summed E-state index contributed by atoms with van der Waals surface area (Å²) in [4.78, 5) is 31.0. The Labute approximate surface area is 195 Å². The Balaban J connectivity index is 1.30. The fraction of sp³-hybridized carbons (Fsp3) is 0.520. The number of aryl methyl sites for hydroxylation is 1. The lowest BCUT2D eigenvalue weighted by Gasteiger charge is -2.36. The minimum absolute atomic E-state index is 0.00132. The number of nitrogens with zero attached hydrogens (tertiary/aromatic N) is 5. The summed E-state index contributed by atoms with van der Waals surface area (Å²) in [5.74, 6) is 0.816. The molecule has 8 nitrogen and oxygen atoms in total. The number of hydrogen-bond acceptors (Lipinski definition) is 6. The van der Waals surface area contributed by atoms with E-state index in [1.54, 1.807) is 4.90 Å². The summed E-state index contributed by atoms with van der Waals surface area (Å²) in [5.41, 5.74) is 3.11. The highest BCUT2D eigenvalue weighted by molar-refractivity contribution is 5.85. The predicted molar refractivity (Wildman–Crippen MR) is 127 cm³/mol. The lowest BCUT2D eigenvalue weighted by atomic mass is 10.1. The van der Waals surface area contributed by atoms with Gasteiger partial charge in [0.1, 0.15) is 0 Å². The highest BCUT2D eigenvalue weighted by Gasteiger charge is 2.27. The van der Waals surface area contributed by atoms with Gasteiger partial charge in [0.25, 0.3) is 0 Å². The van der Waals surface area contributed by atoms with Crippen LogP contribution in [0, 0.1) is 6.92 Å². The van der Waals surface area contributed by atoms with Gasteiger partial charge in [-0.1, -0.05) is 36.8 Å². The Morgan fingerprint density at radius 3 is 2.42 bits per heavy atom. The molecule has 2 amide bonds. The van der Waals surface area contributed by atoms with Crippen LogP contribution in [0.2, 0.25) is 0 Å². The van der Waals surface area contributed by atoms with E-state index in [-0.39, 0.29) is 24.5 Å². The number of anilines is 1. The molecule has 2 saturated heterocycles. The molecule has 2 aliphatic rings. The van der Waals surface area contributed by atoms with Gasteiger partial charge >= 0.3 is 0 Å². The van der Waals surface area contributed by atoms with Gasteiger partial charge < -0.3 is 19.4 Å². The summed E-state index contributed by atoms with van der Waals surface area (Å²) in [7, 11) is 0. The zero-order valence-corrected chi connectivity index (χ0v) is 19.6. The van der Waals surface area contributed by atoms with E-state index in [2.05, 4.69) is 46.3 Å². The van der Waals surface area contributed by atoms with Crippen LogP contribution in [0.15, 0.2) is 36.4 Å². The zero-order chi connectivity index (χ0) is 23.2. The molecule has 33 heavy (non-hydrogen) atoms. The van der Waals surface area contributed by atoms with Gasteiger partial charge in [0.2, 0.25) is 11.8 Å². The smallest absolute Gasteiger partial charge is 0.242 e. The molecule has 0 N–H and O–H groups in total. The number of ether oxygens (including phenoxy) is 1. The van der Waals surface area contributed by atoms with Gasteiger partial charge in [-0.05, 0) is 31.9 Å². The first-order valence-corrected chi connectivity index (χ1v) is 11.9. The van der Waals surface area contributed by atoms with Gasteiger partial charge in [-0.3, -0.25) is 9.59 Å².